The fourth-order valence-electron chi connectivity index (χ4n) is 2.61. The maximum Gasteiger partial charge on any atom is 0.260 e. The van der Waals surface area contributed by atoms with Gasteiger partial charge in [-0.1, -0.05) is 0 Å². The van der Waals surface area contributed by atoms with Crippen LogP contribution in [-0.4, -0.2) is 9.97 Å². The summed E-state index contributed by atoms with van der Waals surface area (Å²) in [5.74, 6) is 1.68. The topological polar surface area (TPSA) is 58.9 Å². The Hall–Kier alpha value is -1.59. The van der Waals surface area contributed by atoms with Crippen molar-refractivity contribution >= 4 is 33.2 Å². The summed E-state index contributed by atoms with van der Waals surface area (Å²) in [6, 6.07) is 1.92. The number of hydrogen-bond donors (Lipinski definition) is 1. The van der Waals surface area contributed by atoms with Gasteiger partial charge in [-0.15, -0.1) is 22.9 Å². The average molecular weight is 293 g/mol. The molecule has 96 valence electrons. The predicted octanol–water partition coefficient (Wildman–Crippen LogP) is 3.08. The van der Waals surface area contributed by atoms with Crippen molar-refractivity contribution in [3.63, 3.8) is 0 Å². The summed E-state index contributed by atoms with van der Waals surface area (Å²) in [5.41, 5.74) is 1.90. The lowest BCUT2D eigenvalue weighted by Gasteiger charge is -2.10. The van der Waals surface area contributed by atoms with E-state index in [1.165, 1.54) is 4.88 Å². The van der Waals surface area contributed by atoms with Crippen molar-refractivity contribution in [2.45, 2.75) is 18.7 Å². The van der Waals surface area contributed by atoms with Crippen LogP contribution in [0.5, 0.6) is 0 Å². The lowest BCUT2D eigenvalue weighted by molar-refractivity contribution is 0.508. The molecular formula is C13H9ClN2O2S. The number of hydrogen-bond acceptors (Lipinski definition) is 4. The summed E-state index contributed by atoms with van der Waals surface area (Å²) in [6.07, 6.45) is 3.45. The van der Waals surface area contributed by atoms with Crippen molar-refractivity contribution in [3.8, 4) is 11.1 Å². The fraction of sp³-hybridized carbons (Fsp3) is 0.231. The molecule has 0 aromatic carbocycles. The van der Waals surface area contributed by atoms with Crippen LogP contribution in [0.2, 0.25) is 0 Å². The van der Waals surface area contributed by atoms with Crippen molar-refractivity contribution in [3.05, 3.63) is 39.1 Å². The van der Waals surface area contributed by atoms with Crippen molar-refractivity contribution in [2.75, 3.05) is 0 Å². The number of furan rings is 1. The summed E-state index contributed by atoms with van der Waals surface area (Å²) < 4.78 is 5.47. The molecule has 0 bridgehead atoms. The minimum atomic E-state index is -0.118. The molecule has 0 saturated heterocycles. The van der Waals surface area contributed by atoms with Gasteiger partial charge < -0.3 is 9.40 Å². The van der Waals surface area contributed by atoms with Gasteiger partial charge in [-0.3, -0.25) is 4.79 Å². The van der Waals surface area contributed by atoms with Crippen LogP contribution in [-0.2, 0) is 18.7 Å². The maximum absolute atomic E-state index is 12.2. The highest BCUT2D eigenvalue weighted by Gasteiger charge is 2.25. The molecule has 1 N–H and O–H groups in total. The number of halogens is 1. The zero-order valence-corrected chi connectivity index (χ0v) is 11.4. The second kappa shape index (κ2) is 3.95. The van der Waals surface area contributed by atoms with E-state index in [9.17, 15) is 4.79 Å². The van der Waals surface area contributed by atoms with Crippen LogP contribution in [0.15, 0.2) is 21.5 Å². The Balaban J connectivity index is 2.13. The number of nitrogens with one attached hydrogen (secondary N) is 1. The minimum absolute atomic E-state index is 0.118. The summed E-state index contributed by atoms with van der Waals surface area (Å²) in [4.78, 5) is 21.4. The standard InChI is InChI=1S/C13H9ClN2O2S/c14-5-9-15-12(17)11-10-6-3-4-18-7(6)1-2-8(10)19-13(11)16-9/h3-4H,1-2,5H2,(H,15,16,17). The molecule has 3 aromatic rings. The van der Waals surface area contributed by atoms with E-state index in [0.29, 0.717) is 11.2 Å². The van der Waals surface area contributed by atoms with Gasteiger partial charge in [-0.05, 0) is 12.5 Å². The number of H-pyrrole nitrogens is 1. The number of aromatic amines is 1. The van der Waals surface area contributed by atoms with Crippen molar-refractivity contribution < 1.29 is 4.42 Å². The highest BCUT2D eigenvalue weighted by Crippen LogP contribution is 2.42. The fourth-order valence-corrected chi connectivity index (χ4v) is 3.94. The highest BCUT2D eigenvalue weighted by atomic mass is 35.5. The van der Waals surface area contributed by atoms with E-state index in [1.54, 1.807) is 17.6 Å². The Morgan fingerprint density at radius 3 is 3.21 bits per heavy atom. The van der Waals surface area contributed by atoms with Crippen LogP contribution in [0.1, 0.15) is 16.5 Å². The second-order valence-corrected chi connectivity index (χ2v) is 5.83. The summed E-state index contributed by atoms with van der Waals surface area (Å²) >= 11 is 7.33. The van der Waals surface area contributed by atoms with Crippen LogP contribution < -0.4 is 5.56 Å². The van der Waals surface area contributed by atoms with Gasteiger partial charge in [0.05, 0.1) is 17.5 Å². The zero-order chi connectivity index (χ0) is 13.0. The number of thiophene rings is 1. The summed E-state index contributed by atoms with van der Waals surface area (Å²) in [6.45, 7) is 0. The van der Waals surface area contributed by atoms with Crippen molar-refractivity contribution in [1.29, 1.82) is 0 Å². The van der Waals surface area contributed by atoms with Gasteiger partial charge in [-0.2, -0.15) is 0 Å². The van der Waals surface area contributed by atoms with Crippen LogP contribution in [0, 0.1) is 0 Å². The predicted molar refractivity (Wildman–Crippen MR) is 74.9 cm³/mol. The van der Waals surface area contributed by atoms with E-state index in [4.69, 9.17) is 16.0 Å². The smallest absolute Gasteiger partial charge is 0.260 e. The number of aryl methyl sites for hydroxylation is 2. The lowest BCUT2D eigenvalue weighted by atomic mass is 9.95. The van der Waals surface area contributed by atoms with Crippen LogP contribution in [0.25, 0.3) is 21.3 Å². The largest absolute Gasteiger partial charge is 0.469 e. The van der Waals surface area contributed by atoms with Crippen LogP contribution in [0.4, 0.5) is 0 Å². The Kier molecular flexibility index (Phi) is 2.34. The third-order valence-corrected chi connectivity index (χ3v) is 4.80. The third-order valence-electron chi connectivity index (χ3n) is 3.40. The molecule has 1 aliphatic carbocycles. The Morgan fingerprint density at radius 2 is 2.37 bits per heavy atom. The van der Waals surface area contributed by atoms with Gasteiger partial charge in [-0.25, -0.2) is 4.98 Å². The van der Waals surface area contributed by atoms with E-state index in [-0.39, 0.29) is 11.4 Å². The van der Waals surface area contributed by atoms with Gasteiger partial charge >= 0.3 is 0 Å². The van der Waals surface area contributed by atoms with E-state index in [2.05, 4.69) is 9.97 Å². The Morgan fingerprint density at radius 1 is 1.47 bits per heavy atom. The molecule has 4 rings (SSSR count). The average Bonchev–Trinajstić information content (AvgIpc) is 3.00. The van der Waals surface area contributed by atoms with Gasteiger partial charge in [0, 0.05) is 22.4 Å². The summed E-state index contributed by atoms with van der Waals surface area (Å²) in [7, 11) is 0. The van der Waals surface area contributed by atoms with E-state index < -0.39 is 0 Å². The second-order valence-electron chi connectivity index (χ2n) is 4.48. The van der Waals surface area contributed by atoms with Gasteiger partial charge in [0.2, 0.25) is 0 Å². The van der Waals surface area contributed by atoms with E-state index in [0.717, 1.165) is 34.6 Å². The zero-order valence-electron chi connectivity index (χ0n) is 9.83. The number of fused-ring (bicyclic) bond motifs is 5. The van der Waals surface area contributed by atoms with Gasteiger partial charge in [0.25, 0.3) is 5.56 Å². The first-order chi connectivity index (χ1) is 9.28. The molecule has 0 aliphatic heterocycles. The minimum Gasteiger partial charge on any atom is -0.469 e. The third kappa shape index (κ3) is 1.52. The molecular weight excluding hydrogens is 284 g/mol. The van der Waals surface area contributed by atoms with Crippen LogP contribution >= 0.6 is 22.9 Å². The van der Waals surface area contributed by atoms with Gasteiger partial charge in [0.1, 0.15) is 16.4 Å². The maximum atomic E-state index is 12.2. The highest BCUT2D eigenvalue weighted by molar-refractivity contribution is 7.19. The number of alkyl halides is 1. The van der Waals surface area contributed by atoms with Crippen molar-refractivity contribution in [1.82, 2.24) is 9.97 Å². The molecule has 0 radical (unpaired) electrons. The first kappa shape index (κ1) is 11.3. The van der Waals surface area contributed by atoms with Crippen LogP contribution in [0.3, 0.4) is 0 Å². The molecule has 0 spiro atoms. The van der Waals surface area contributed by atoms with Gasteiger partial charge in [0.15, 0.2) is 0 Å². The molecule has 0 saturated carbocycles. The number of nitrogens with zero attached hydrogens (tertiary/aromatic N) is 1. The first-order valence-electron chi connectivity index (χ1n) is 5.95. The SMILES string of the molecule is O=c1[nH]c(CCl)nc2sc3c(c12)-c1ccoc1CC3. The first-order valence-corrected chi connectivity index (χ1v) is 7.30. The summed E-state index contributed by atoms with van der Waals surface area (Å²) in [5, 5.41) is 0.663. The lowest BCUT2D eigenvalue weighted by Crippen LogP contribution is -2.11. The Bertz CT molecular complexity index is 846. The number of rotatable bonds is 1. The quantitative estimate of drug-likeness (QED) is 0.701. The molecule has 0 atom stereocenters. The molecule has 3 aromatic heterocycles. The molecule has 6 heteroatoms. The molecule has 19 heavy (non-hydrogen) atoms. The van der Waals surface area contributed by atoms with E-state index >= 15 is 0 Å². The van der Waals surface area contributed by atoms with E-state index in [1.807, 2.05) is 6.07 Å². The monoisotopic (exact) mass is 292 g/mol. The molecule has 0 fully saturated rings. The molecule has 1 aliphatic rings. The molecule has 4 nitrogen and oxygen atoms in total. The van der Waals surface area contributed by atoms with Crippen molar-refractivity contribution in [2.24, 2.45) is 0 Å². The molecule has 0 unspecified atom stereocenters. The Labute approximate surface area is 117 Å². The number of aromatic nitrogens is 2. The molecule has 3 heterocycles. The normalized spacial score (nSPS) is 13.5. The molecule has 0 amide bonds.